The average Bonchev–Trinajstić information content (AvgIpc) is 2.52. The van der Waals surface area contributed by atoms with Crippen molar-refractivity contribution in [3.8, 4) is 0 Å². The summed E-state index contributed by atoms with van der Waals surface area (Å²) < 4.78 is 0. The van der Waals surface area contributed by atoms with E-state index in [1.165, 1.54) is 14.7 Å². The number of hydrogen-bond acceptors (Lipinski definition) is 0. The molecule has 0 saturated heterocycles. The van der Waals surface area contributed by atoms with E-state index in [-0.39, 0.29) is 10.9 Å². The van der Waals surface area contributed by atoms with Gasteiger partial charge in [-0.2, -0.15) is 0 Å². The number of benzene rings is 1. The van der Waals surface area contributed by atoms with E-state index in [1.807, 2.05) is 31.2 Å². The summed E-state index contributed by atoms with van der Waals surface area (Å²) in [5.41, 5.74) is 0. The standard InChI is InChI=1S/C20H23S/c1-5-9-15-18(8-4)21(19(13-6-2)14-7-3)20-16-11-10-12-17-20/h5-17H,1-2H2,3-4H3/q+1/b14-7-,15-9-,18-8+,19-13+. The van der Waals surface area contributed by atoms with E-state index in [1.54, 1.807) is 0 Å². The zero-order chi connectivity index (χ0) is 15.5. The summed E-state index contributed by atoms with van der Waals surface area (Å²) in [7, 11) is -0.135. The first-order valence-electron chi connectivity index (χ1n) is 6.98. The van der Waals surface area contributed by atoms with Crippen LogP contribution in [0.2, 0.25) is 0 Å². The minimum atomic E-state index is -0.135. The van der Waals surface area contributed by atoms with Crippen molar-refractivity contribution in [2.24, 2.45) is 0 Å². The molecule has 108 valence electrons. The minimum absolute atomic E-state index is 0.135. The molecule has 1 aromatic carbocycles. The highest BCUT2D eigenvalue weighted by molar-refractivity contribution is 8.04. The predicted molar refractivity (Wildman–Crippen MR) is 98.3 cm³/mol. The van der Waals surface area contributed by atoms with Crippen LogP contribution < -0.4 is 0 Å². The molecule has 0 aliphatic carbocycles. The van der Waals surface area contributed by atoms with Crippen molar-refractivity contribution in [3.05, 3.63) is 102 Å². The summed E-state index contributed by atoms with van der Waals surface area (Å²) in [6.45, 7) is 11.7. The van der Waals surface area contributed by atoms with E-state index in [0.717, 1.165) is 0 Å². The summed E-state index contributed by atoms with van der Waals surface area (Å²) in [4.78, 5) is 3.82. The Morgan fingerprint density at radius 2 is 1.67 bits per heavy atom. The van der Waals surface area contributed by atoms with Gasteiger partial charge in [0.1, 0.15) is 0 Å². The molecule has 0 amide bonds. The lowest BCUT2D eigenvalue weighted by molar-refractivity contribution is 1.44. The van der Waals surface area contributed by atoms with Crippen LogP contribution in [0.25, 0.3) is 0 Å². The van der Waals surface area contributed by atoms with Crippen LogP contribution in [0.3, 0.4) is 0 Å². The normalized spacial score (nSPS) is 14.6. The van der Waals surface area contributed by atoms with E-state index in [0.29, 0.717) is 0 Å². The van der Waals surface area contributed by atoms with E-state index >= 15 is 0 Å². The zero-order valence-electron chi connectivity index (χ0n) is 12.8. The molecule has 1 atom stereocenters. The molecule has 0 aliphatic rings. The van der Waals surface area contributed by atoms with Crippen LogP contribution in [-0.2, 0) is 10.9 Å². The van der Waals surface area contributed by atoms with E-state index in [4.69, 9.17) is 0 Å². The highest BCUT2D eigenvalue weighted by Crippen LogP contribution is 2.31. The molecule has 0 radical (unpaired) electrons. The van der Waals surface area contributed by atoms with Crippen LogP contribution in [0.1, 0.15) is 13.8 Å². The van der Waals surface area contributed by atoms with E-state index in [9.17, 15) is 0 Å². The van der Waals surface area contributed by atoms with E-state index in [2.05, 4.69) is 74.7 Å². The van der Waals surface area contributed by atoms with Gasteiger partial charge in [-0.1, -0.05) is 55.7 Å². The predicted octanol–water partition coefficient (Wildman–Crippen LogP) is 5.96. The molecule has 1 heteroatoms. The molecule has 0 aromatic heterocycles. The second-order valence-electron chi connectivity index (χ2n) is 4.21. The molecule has 0 aliphatic heterocycles. The topological polar surface area (TPSA) is 0 Å². The highest BCUT2D eigenvalue weighted by Gasteiger charge is 2.29. The molecular formula is C20H23S+. The van der Waals surface area contributed by atoms with Gasteiger partial charge in [0.25, 0.3) is 0 Å². The fraction of sp³-hybridized carbons (Fsp3) is 0.100. The lowest BCUT2D eigenvalue weighted by Crippen LogP contribution is -2.07. The molecule has 0 spiro atoms. The third-order valence-electron chi connectivity index (χ3n) is 2.74. The molecular weight excluding hydrogens is 272 g/mol. The van der Waals surface area contributed by atoms with Crippen molar-refractivity contribution in [3.63, 3.8) is 0 Å². The van der Waals surface area contributed by atoms with Crippen LogP contribution in [-0.4, -0.2) is 0 Å². The molecule has 1 rings (SSSR count). The summed E-state index contributed by atoms with van der Waals surface area (Å²) >= 11 is 0. The van der Waals surface area contributed by atoms with Gasteiger partial charge in [0.15, 0.2) is 14.7 Å². The SMILES string of the molecule is C=C/C=C\C(=C/C)[S+](C(/C=C\C)=C/C=C)c1ccccc1. The van der Waals surface area contributed by atoms with Gasteiger partial charge in [-0.25, -0.2) is 0 Å². The van der Waals surface area contributed by atoms with Crippen molar-refractivity contribution in [1.82, 2.24) is 0 Å². The first kappa shape index (κ1) is 17.1. The summed E-state index contributed by atoms with van der Waals surface area (Å²) in [6.07, 6.45) is 16.2. The van der Waals surface area contributed by atoms with Crippen molar-refractivity contribution in [2.45, 2.75) is 18.7 Å². The molecule has 0 heterocycles. The molecule has 0 saturated carbocycles. The van der Waals surface area contributed by atoms with E-state index < -0.39 is 0 Å². The fourth-order valence-corrected chi connectivity index (χ4v) is 4.08. The van der Waals surface area contributed by atoms with Crippen LogP contribution in [0.15, 0.2) is 107 Å². The van der Waals surface area contributed by atoms with Crippen LogP contribution in [0, 0.1) is 0 Å². The Bertz CT molecular complexity index is 571. The maximum atomic E-state index is 3.85. The summed E-state index contributed by atoms with van der Waals surface area (Å²) in [5, 5.41) is 0. The second kappa shape index (κ2) is 9.84. The Morgan fingerprint density at radius 3 is 2.19 bits per heavy atom. The molecule has 0 nitrogen and oxygen atoms in total. The van der Waals surface area contributed by atoms with Gasteiger partial charge in [0.2, 0.25) is 0 Å². The number of rotatable bonds is 7. The summed E-state index contributed by atoms with van der Waals surface area (Å²) in [5.74, 6) is 0. The van der Waals surface area contributed by atoms with Crippen molar-refractivity contribution in [1.29, 1.82) is 0 Å². The quantitative estimate of drug-likeness (QED) is 0.430. The van der Waals surface area contributed by atoms with Gasteiger partial charge >= 0.3 is 0 Å². The van der Waals surface area contributed by atoms with Gasteiger partial charge in [-0.05, 0) is 50.3 Å². The van der Waals surface area contributed by atoms with Gasteiger partial charge in [0, 0.05) is 0 Å². The molecule has 21 heavy (non-hydrogen) atoms. The molecule has 0 bridgehead atoms. The highest BCUT2D eigenvalue weighted by atomic mass is 32.2. The van der Waals surface area contributed by atoms with Crippen LogP contribution in [0.5, 0.6) is 0 Å². The van der Waals surface area contributed by atoms with Gasteiger partial charge in [-0.3, -0.25) is 0 Å². The summed E-state index contributed by atoms with van der Waals surface area (Å²) in [6, 6.07) is 10.6. The smallest absolute Gasteiger partial charge is 0.0991 e. The third-order valence-corrected chi connectivity index (χ3v) is 5.07. The van der Waals surface area contributed by atoms with Crippen molar-refractivity contribution in [2.75, 3.05) is 0 Å². The molecule has 0 N–H and O–H groups in total. The molecule has 0 fully saturated rings. The molecule has 1 aromatic rings. The molecule has 1 unspecified atom stereocenters. The average molecular weight is 295 g/mol. The van der Waals surface area contributed by atoms with Gasteiger partial charge in [0.05, 0.1) is 10.9 Å². The Kier molecular flexibility index (Phi) is 8.00. The third kappa shape index (κ3) is 5.13. The second-order valence-corrected chi connectivity index (χ2v) is 6.24. The van der Waals surface area contributed by atoms with Gasteiger partial charge < -0.3 is 0 Å². The first-order chi connectivity index (χ1) is 10.3. The Morgan fingerprint density at radius 1 is 0.952 bits per heavy atom. The van der Waals surface area contributed by atoms with Gasteiger partial charge in [-0.15, -0.1) is 0 Å². The maximum Gasteiger partial charge on any atom is 0.166 e. The Labute approximate surface area is 131 Å². The first-order valence-corrected chi connectivity index (χ1v) is 8.21. The van der Waals surface area contributed by atoms with Crippen LogP contribution in [0.4, 0.5) is 0 Å². The lowest BCUT2D eigenvalue weighted by atomic mass is 10.4. The van der Waals surface area contributed by atoms with Crippen LogP contribution >= 0.6 is 0 Å². The minimum Gasteiger partial charge on any atom is -0.0991 e. The number of allylic oxidation sites excluding steroid dienone is 8. The maximum absolute atomic E-state index is 3.85. The monoisotopic (exact) mass is 295 g/mol. The number of hydrogen-bond donors (Lipinski definition) is 0. The fourth-order valence-electron chi connectivity index (χ4n) is 1.88. The lowest BCUT2D eigenvalue weighted by Gasteiger charge is -2.09. The Hall–Kier alpha value is -1.99. The largest absolute Gasteiger partial charge is 0.166 e. The zero-order valence-corrected chi connectivity index (χ0v) is 13.6. The van der Waals surface area contributed by atoms with Crippen molar-refractivity contribution >= 4 is 10.9 Å². The van der Waals surface area contributed by atoms with Crippen molar-refractivity contribution < 1.29 is 0 Å². The Balaban J connectivity index is 3.41.